The number of halogens is 1. The zero-order chi connectivity index (χ0) is 18.1. The summed E-state index contributed by atoms with van der Waals surface area (Å²) in [6.07, 6.45) is 1.77. The molecule has 1 aliphatic heterocycles. The molecule has 25 heavy (non-hydrogen) atoms. The third-order valence-electron chi connectivity index (χ3n) is 3.88. The largest absolute Gasteiger partial charge is 0.478 e. The highest BCUT2D eigenvalue weighted by Gasteiger charge is 2.29. The van der Waals surface area contributed by atoms with Gasteiger partial charge in [-0.2, -0.15) is 10.1 Å². The van der Waals surface area contributed by atoms with E-state index in [1.165, 1.54) is 17.1 Å². The quantitative estimate of drug-likeness (QED) is 0.841. The Bertz CT molecular complexity index is 930. The Morgan fingerprint density at radius 1 is 1.16 bits per heavy atom. The summed E-state index contributed by atoms with van der Waals surface area (Å²) in [5.74, 6) is -1.47. The lowest BCUT2D eigenvalue weighted by Crippen LogP contribution is -2.21. The Morgan fingerprint density at radius 2 is 1.84 bits per heavy atom. The highest BCUT2D eigenvalue weighted by atomic mass is 35.5. The van der Waals surface area contributed by atoms with Gasteiger partial charge in [0.25, 0.3) is 5.91 Å². The first kappa shape index (κ1) is 16.9. The van der Waals surface area contributed by atoms with Crippen LogP contribution in [0.4, 0.5) is 5.69 Å². The first-order chi connectivity index (χ1) is 11.9. The molecule has 0 saturated carbocycles. The summed E-state index contributed by atoms with van der Waals surface area (Å²) >= 11 is 5.88. The van der Waals surface area contributed by atoms with E-state index in [1.54, 1.807) is 19.1 Å². The lowest BCUT2D eigenvalue weighted by Gasteiger charge is -2.13. The summed E-state index contributed by atoms with van der Waals surface area (Å²) in [6, 6.07) is 12.1. The molecule has 0 saturated heterocycles. The van der Waals surface area contributed by atoms with E-state index in [2.05, 4.69) is 5.10 Å². The minimum atomic E-state index is -1.16. The van der Waals surface area contributed by atoms with Crippen molar-refractivity contribution >= 4 is 41.0 Å². The average molecular weight is 355 g/mol. The summed E-state index contributed by atoms with van der Waals surface area (Å²) in [7, 11) is 0. The van der Waals surface area contributed by atoms with Crippen LogP contribution in [0.3, 0.4) is 0 Å². The van der Waals surface area contributed by atoms with Gasteiger partial charge >= 0.3 is 5.97 Å². The second-order valence-electron chi connectivity index (χ2n) is 5.74. The topological polar surface area (TPSA) is 70.0 Å². The van der Waals surface area contributed by atoms with Crippen molar-refractivity contribution < 1.29 is 14.7 Å². The van der Waals surface area contributed by atoms with E-state index in [1.807, 2.05) is 31.2 Å². The van der Waals surface area contributed by atoms with E-state index < -0.39 is 5.97 Å². The molecule has 3 rings (SSSR count). The van der Waals surface area contributed by atoms with Gasteiger partial charge in [-0.15, -0.1) is 0 Å². The Hall–Kier alpha value is -2.92. The van der Waals surface area contributed by atoms with E-state index in [0.29, 0.717) is 17.0 Å². The number of hydrogen-bond acceptors (Lipinski definition) is 3. The molecule has 0 aliphatic carbocycles. The predicted molar refractivity (Wildman–Crippen MR) is 98.2 cm³/mol. The Balaban J connectivity index is 1.96. The highest BCUT2D eigenvalue weighted by Crippen LogP contribution is 2.28. The normalized spacial score (nSPS) is 15.6. The third kappa shape index (κ3) is 3.32. The first-order valence-electron chi connectivity index (χ1n) is 7.58. The average Bonchev–Trinajstić information content (AvgIpc) is 2.85. The molecule has 0 unspecified atom stereocenters. The third-order valence-corrected chi connectivity index (χ3v) is 4.21. The number of hydrogen-bond donors (Lipinski definition) is 1. The fraction of sp³-hybridized carbons (Fsp3) is 0.105. The van der Waals surface area contributed by atoms with E-state index in [-0.39, 0.29) is 16.5 Å². The van der Waals surface area contributed by atoms with E-state index in [4.69, 9.17) is 11.6 Å². The second kappa shape index (κ2) is 6.53. The Labute approximate surface area is 149 Å². The molecule has 0 spiro atoms. The number of carboxylic acid groups (broad SMARTS) is 1. The molecule has 126 valence electrons. The van der Waals surface area contributed by atoms with Gasteiger partial charge in [-0.05, 0) is 43.7 Å². The van der Waals surface area contributed by atoms with Gasteiger partial charge in [0.1, 0.15) is 0 Å². The van der Waals surface area contributed by atoms with Gasteiger partial charge in [0.2, 0.25) is 0 Å². The van der Waals surface area contributed by atoms with Crippen LogP contribution < -0.4 is 5.01 Å². The number of carbonyl (C=O) groups excluding carboxylic acids is 1. The van der Waals surface area contributed by atoms with Crippen molar-refractivity contribution in [3.05, 3.63) is 69.8 Å². The van der Waals surface area contributed by atoms with Crippen LogP contribution in [0.2, 0.25) is 5.02 Å². The lowest BCUT2D eigenvalue weighted by atomic mass is 10.1. The molecule has 0 aromatic heterocycles. The van der Waals surface area contributed by atoms with Crippen LogP contribution in [-0.2, 0) is 4.79 Å². The van der Waals surface area contributed by atoms with Gasteiger partial charge in [0, 0.05) is 0 Å². The maximum Gasteiger partial charge on any atom is 0.337 e. The number of amides is 1. The number of anilines is 1. The van der Waals surface area contributed by atoms with Crippen LogP contribution in [-0.4, -0.2) is 22.7 Å². The molecule has 2 aromatic rings. The van der Waals surface area contributed by atoms with Crippen LogP contribution in [0.1, 0.15) is 28.4 Å². The Morgan fingerprint density at radius 3 is 2.48 bits per heavy atom. The van der Waals surface area contributed by atoms with Gasteiger partial charge in [-0.25, -0.2) is 4.79 Å². The van der Waals surface area contributed by atoms with Crippen molar-refractivity contribution in [3.63, 3.8) is 0 Å². The van der Waals surface area contributed by atoms with Crippen LogP contribution in [0, 0.1) is 6.92 Å². The minimum Gasteiger partial charge on any atom is -0.478 e. The van der Waals surface area contributed by atoms with Crippen LogP contribution in [0.5, 0.6) is 0 Å². The van der Waals surface area contributed by atoms with Gasteiger partial charge in [-0.3, -0.25) is 4.79 Å². The first-order valence-corrected chi connectivity index (χ1v) is 7.96. The van der Waals surface area contributed by atoms with Crippen molar-refractivity contribution in [1.82, 2.24) is 0 Å². The van der Waals surface area contributed by atoms with Gasteiger partial charge in [-0.1, -0.05) is 41.4 Å². The summed E-state index contributed by atoms with van der Waals surface area (Å²) in [5, 5.41) is 14.7. The standard InChI is InChI=1S/C19H15ClN2O3/c1-11-3-5-13(6-4-11)9-15-12(2)21-22(18(15)23)14-7-8-17(20)16(10-14)19(24)25/h3-10H,1-2H3,(H,24,25)/b15-9-. The predicted octanol–water partition coefficient (Wildman–Crippen LogP) is 4.15. The van der Waals surface area contributed by atoms with Crippen molar-refractivity contribution in [2.75, 3.05) is 5.01 Å². The molecule has 2 aromatic carbocycles. The molecule has 5 nitrogen and oxygen atoms in total. The number of rotatable bonds is 3. The number of carboxylic acids is 1. The van der Waals surface area contributed by atoms with Gasteiger partial charge in [0.15, 0.2) is 0 Å². The monoisotopic (exact) mass is 354 g/mol. The molecule has 1 amide bonds. The summed E-state index contributed by atoms with van der Waals surface area (Å²) in [4.78, 5) is 23.9. The molecule has 1 heterocycles. The summed E-state index contributed by atoms with van der Waals surface area (Å²) in [5.41, 5.74) is 3.35. The molecule has 0 atom stereocenters. The van der Waals surface area contributed by atoms with Crippen molar-refractivity contribution in [3.8, 4) is 0 Å². The van der Waals surface area contributed by atoms with E-state index in [9.17, 15) is 14.7 Å². The van der Waals surface area contributed by atoms with E-state index >= 15 is 0 Å². The van der Waals surface area contributed by atoms with Crippen molar-refractivity contribution in [1.29, 1.82) is 0 Å². The number of benzene rings is 2. The summed E-state index contributed by atoms with van der Waals surface area (Å²) in [6.45, 7) is 3.73. The van der Waals surface area contributed by atoms with E-state index in [0.717, 1.165) is 11.1 Å². The van der Waals surface area contributed by atoms with Crippen LogP contribution >= 0.6 is 11.6 Å². The molecular formula is C19H15ClN2O3. The summed E-state index contributed by atoms with van der Waals surface area (Å²) < 4.78 is 0. The maximum absolute atomic E-state index is 12.7. The number of aryl methyl sites for hydroxylation is 1. The van der Waals surface area contributed by atoms with Gasteiger partial charge < -0.3 is 5.11 Å². The molecule has 1 aliphatic rings. The molecule has 0 bridgehead atoms. The zero-order valence-corrected chi connectivity index (χ0v) is 14.4. The Kier molecular flexibility index (Phi) is 4.42. The molecule has 6 heteroatoms. The van der Waals surface area contributed by atoms with Gasteiger partial charge in [0.05, 0.1) is 27.6 Å². The lowest BCUT2D eigenvalue weighted by molar-refractivity contribution is -0.114. The van der Waals surface area contributed by atoms with Crippen LogP contribution in [0.25, 0.3) is 6.08 Å². The van der Waals surface area contributed by atoms with Crippen LogP contribution in [0.15, 0.2) is 53.1 Å². The molecule has 1 N–H and O–H groups in total. The molecule has 0 fully saturated rings. The fourth-order valence-corrected chi connectivity index (χ4v) is 2.70. The minimum absolute atomic E-state index is 0.0733. The number of hydrazone groups is 1. The second-order valence-corrected chi connectivity index (χ2v) is 6.15. The SMILES string of the molecule is CC1=NN(c2ccc(Cl)c(C(=O)O)c2)C(=O)/C1=C\c1ccc(C)cc1. The van der Waals surface area contributed by atoms with Crippen molar-refractivity contribution in [2.45, 2.75) is 13.8 Å². The maximum atomic E-state index is 12.7. The number of carbonyl (C=O) groups is 2. The fourth-order valence-electron chi connectivity index (χ4n) is 2.50. The number of aromatic carboxylic acids is 1. The van der Waals surface area contributed by atoms with Crippen molar-refractivity contribution in [2.24, 2.45) is 5.10 Å². The zero-order valence-electron chi connectivity index (χ0n) is 13.7. The smallest absolute Gasteiger partial charge is 0.337 e. The molecular weight excluding hydrogens is 340 g/mol. The molecule has 0 radical (unpaired) electrons. The highest BCUT2D eigenvalue weighted by molar-refractivity contribution is 6.34. The number of nitrogens with zero attached hydrogens (tertiary/aromatic N) is 2.